The number of nitroso groups, excluding NO2 is 1. The van der Waals surface area contributed by atoms with E-state index in [4.69, 9.17) is 5.73 Å². The second-order valence-electron chi connectivity index (χ2n) is 3.03. The van der Waals surface area contributed by atoms with E-state index in [0.717, 1.165) is 0 Å². The Labute approximate surface area is 86.2 Å². The molecule has 15 heavy (non-hydrogen) atoms. The van der Waals surface area contributed by atoms with Gasteiger partial charge in [0.25, 0.3) is 5.91 Å². The maximum absolute atomic E-state index is 11.4. The largest absolute Gasteiger partial charge is 0.399 e. The SMILES string of the molecule is Nc1ccc(C(=O)CCC(=O)N=O)cc1. The Hall–Kier alpha value is -2.04. The zero-order valence-electron chi connectivity index (χ0n) is 7.97. The normalized spacial score (nSPS) is 9.60. The first-order valence-electron chi connectivity index (χ1n) is 4.38. The predicted octanol–water partition coefficient (Wildman–Crippen LogP) is 1.52. The molecule has 2 N–H and O–H groups in total. The highest BCUT2D eigenvalue weighted by Crippen LogP contribution is 2.09. The minimum absolute atomic E-state index is 0.00546. The molecule has 0 aliphatic rings. The molecule has 0 radical (unpaired) electrons. The van der Waals surface area contributed by atoms with Gasteiger partial charge in [0, 0.05) is 29.3 Å². The molecule has 0 aliphatic carbocycles. The molecule has 0 saturated heterocycles. The van der Waals surface area contributed by atoms with Crippen LogP contribution in [0.3, 0.4) is 0 Å². The molecule has 0 unspecified atom stereocenters. The van der Waals surface area contributed by atoms with E-state index in [9.17, 15) is 14.5 Å². The Morgan fingerprint density at radius 3 is 2.27 bits per heavy atom. The lowest BCUT2D eigenvalue weighted by Crippen LogP contribution is -2.02. The van der Waals surface area contributed by atoms with Crippen LogP contribution in [0.4, 0.5) is 5.69 Å². The van der Waals surface area contributed by atoms with Crippen LogP contribution in [0.15, 0.2) is 29.4 Å². The fourth-order valence-corrected chi connectivity index (χ4v) is 1.08. The van der Waals surface area contributed by atoms with Gasteiger partial charge >= 0.3 is 0 Å². The van der Waals surface area contributed by atoms with Crippen molar-refractivity contribution in [3.63, 3.8) is 0 Å². The number of nitrogen functional groups attached to an aromatic ring is 1. The van der Waals surface area contributed by atoms with E-state index >= 15 is 0 Å². The van der Waals surface area contributed by atoms with E-state index in [0.29, 0.717) is 11.3 Å². The topological polar surface area (TPSA) is 89.6 Å². The zero-order valence-corrected chi connectivity index (χ0v) is 7.97. The maximum Gasteiger partial charge on any atom is 0.286 e. The van der Waals surface area contributed by atoms with Crippen LogP contribution in [0.5, 0.6) is 0 Å². The summed E-state index contributed by atoms with van der Waals surface area (Å²) >= 11 is 0. The Bertz CT molecular complexity index is 384. The molecule has 0 aromatic heterocycles. The highest BCUT2D eigenvalue weighted by molar-refractivity contribution is 5.98. The van der Waals surface area contributed by atoms with Crippen molar-refractivity contribution in [1.82, 2.24) is 0 Å². The van der Waals surface area contributed by atoms with E-state index in [-0.39, 0.29) is 18.6 Å². The van der Waals surface area contributed by atoms with E-state index < -0.39 is 5.91 Å². The lowest BCUT2D eigenvalue weighted by molar-refractivity contribution is -0.117. The van der Waals surface area contributed by atoms with Crippen LogP contribution >= 0.6 is 0 Å². The number of nitrogens with two attached hydrogens (primary N) is 1. The van der Waals surface area contributed by atoms with Crippen LogP contribution in [0.1, 0.15) is 23.2 Å². The zero-order chi connectivity index (χ0) is 11.3. The van der Waals surface area contributed by atoms with E-state index in [1.54, 1.807) is 24.3 Å². The highest BCUT2D eigenvalue weighted by atomic mass is 16.3. The van der Waals surface area contributed by atoms with Crippen molar-refractivity contribution in [2.45, 2.75) is 12.8 Å². The number of nitrogens with zero attached hydrogens (tertiary/aromatic N) is 1. The smallest absolute Gasteiger partial charge is 0.286 e. The number of carbonyl (C=O) groups is 2. The van der Waals surface area contributed by atoms with Crippen molar-refractivity contribution in [3.05, 3.63) is 34.7 Å². The highest BCUT2D eigenvalue weighted by Gasteiger charge is 2.08. The molecule has 0 fully saturated rings. The van der Waals surface area contributed by atoms with Crippen LogP contribution in [0.25, 0.3) is 0 Å². The van der Waals surface area contributed by atoms with Crippen molar-refractivity contribution in [2.75, 3.05) is 5.73 Å². The lowest BCUT2D eigenvalue weighted by atomic mass is 10.1. The molecular weight excluding hydrogens is 196 g/mol. The summed E-state index contributed by atoms with van der Waals surface area (Å²) in [6.07, 6.45) is -0.152. The molecule has 78 valence electrons. The number of ketones is 1. The lowest BCUT2D eigenvalue weighted by Gasteiger charge is -1.99. The van der Waals surface area contributed by atoms with Gasteiger partial charge in [-0.25, -0.2) is 0 Å². The molecule has 5 heteroatoms. The molecule has 1 amide bonds. The third-order valence-corrected chi connectivity index (χ3v) is 1.90. The molecule has 0 bridgehead atoms. The molecule has 0 aliphatic heterocycles. The average Bonchev–Trinajstić information content (AvgIpc) is 2.26. The number of benzene rings is 1. The first-order chi connectivity index (χ1) is 7.13. The van der Waals surface area contributed by atoms with Gasteiger partial charge in [-0.2, -0.15) is 0 Å². The number of hydrogen-bond acceptors (Lipinski definition) is 4. The summed E-state index contributed by atoms with van der Waals surface area (Å²) in [5.41, 5.74) is 6.49. The van der Waals surface area contributed by atoms with E-state index in [1.165, 1.54) is 0 Å². The Morgan fingerprint density at radius 1 is 1.13 bits per heavy atom. The number of hydrogen-bond donors (Lipinski definition) is 1. The van der Waals surface area contributed by atoms with Gasteiger partial charge in [-0.3, -0.25) is 9.59 Å². The maximum atomic E-state index is 11.4. The van der Waals surface area contributed by atoms with Crippen LogP contribution in [0.2, 0.25) is 0 Å². The van der Waals surface area contributed by atoms with Gasteiger partial charge in [-0.1, -0.05) is 0 Å². The third-order valence-electron chi connectivity index (χ3n) is 1.90. The molecule has 0 spiro atoms. The minimum atomic E-state index is -0.807. The van der Waals surface area contributed by atoms with Crippen molar-refractivity contribution in [2.24, 2.45) is 5.18 Å². The summed E-state index contributed by atoms with van der Waals surface area (Å²) in [5, 5.41) is 2.21. The first kappa shape index (κ1) is 11.0. The minimum Gasteiger partial charge on any atom is -0.399 e. The van der Waals surface area contributed by atoms with Gasteiger partial charge in [0.05, 0.1) is 0 Å². The van der Waals surface area contributed by atoms with Crippen LogP contribution in [-0.4, -0.2) is 11.7 Å². The number of anilines is 1. The van der Waals surface area contributed by atoms with Gasteiger partial charge in [-0.05, 0) is 24.3 Å². The summed E-state index contributed by atoms with van der Waals surface area (Å²) in [7, 11) is 0. The molecular formula is C10H10N2O3. The average molecular weight is 206 g/mol. The number of carbonyl (C=O) groups excluding carboxylic acids is 2. The molecule has 0 heterocycles. The standard InChI is InChI=1S/C10H10N2O3/c11-8-3-1-7(2-4-8)9(13)5-6-10(14)12-15/h1-4H,5-6,11H2. The van der Waals surface area contributed by atoms with Crippen LogP contribution < -0.4 is 5.73 Å². The molecule has 5 nitrogen and oxygen atoms in total. The third kappa shape index (κ3) is 3.30. The van der Waals surface area contributed by atoms with Gasteiger partial charge in [0.2, 0.25) is 0 Å². The van der Waals surface area contributed by atoms with E-state index in [1.807, 2.05) is 0 Å². The van der Waals surface area contributed by atoms with Gasteiger partial charge in [0.1, 0.15) is 0 Å². The fourth-order valence-electron chi connectivity index (χ4n) is 1.08. The van der Waals surface area contributed by atoms with Crippen LogP contribution in [-0.2, 0) is 4.79 Å². The monoisotopic (exact) mass is 206 g/mol. The first-order valence-corrected chi connectivity index (χ1v) is 4.38. The summed E-state index contributed by atoms with van der Waals surface area (Å²) in [6, 6.07) is 6.37. The van der Waals surface area contributed by atoms with Crippen molar-refractivity contribution in [3.8, 4) is 0 Å². The summed E-state index contributed by atoms with van der Waals surface area (Å²) < 4.78 is 0. The van der Waals surface area contributed by atoms with Gasteiger partial charge < -0.3 is 5.73 Å². The van der Waals surface area contributed by atoms with Gasteiger partial charge in [0.15, 0.2) is 5.78 Å². The van der Waals surface area contributed by atoms with Crippen LogP contribution in [0, 0.1) is 4.91 Å². The molecule has 0 saturated carbocycles. The Balaban J connectivity index is 2.57. The molecule has 1 aromatic rings. The summed E-state index contributed by atoms with van der Waals surface area (Å²) in [6.45, 7) is 0. The van der Waals surface area contributed by atoms with Gasteiger partial charge in [-0.15, -0.1) is 4.91 Å². The summed E-state index contributed by atoms with van der Waals surface area (Å²) in [4.78, 5) is 31.8. The number of Topliss-reactive ketones (excluding diaryl/α,β-unsaturated/α-hetero) is 1. The summed E-state index contributed by atoms with van der Waals surface area (Å²) in [5.74, 6) is -1.01. The van der Waals surface area contributed by atoms with Crippen molar-refractivity contribution in [1.29, 1.82) is 0 Å². The fraction of sp³-hybridized carbons (Fsp3) is 0.200. The Kier molecular flexibility index (Phi) is 3.68. The quantitative estimate of drug-likeness (QED) is 0.459. The number of rotatable bonds is 4. The van der Waals surface area contributed by atoms with Crippen molar-refractivity contribution < 1.29 is 9.59 Å². The second-order valence-corrected chi connectivity index (χ2v) is 3.03. The number of amides is 1. The Morgan fingerprint density at radius 2 is 1.73 bits per heavy atom. The molecule has 0 atom stereocenters. The molecule has 1 rings (SSSR count). The molecule has 1 aromatic carbocycles. The van der Waals surface area contributed by atoms with E-state index in [2.05, 4.69) is 5.18 Å². The van der Waals surface area contributed by atoms with Crippen molar-refractivity contribution >= 4 is 17.4 Å². The predicted molar refractivity (Wildman–Crippen MR) is 55.2 cm³/mol. The second kappa shape index (κ2) is 4.99.